The van der Waals surface area contributed by atoms with Crippen molar-refractivity contribution in [1.29, 1.82) is 0 Å². The molecule has 0 aliphatic heterocycles. The van der Waals surface area contributed by atoms with Crippen molar-refractivity contribution in [2.75, 3.05) is 5.32 Å². The molecule has 0 radical (unpaired) electrons. The lowest BCUT2D eigenvalue weighted by molar-refractivity contribution is -0.137. The fraction of sp³-hybridized carbons (Fsp3) is 0.200. The zero-order valence-corrected chi connectivity index (χ0v) is 15.3. The van der Waals surface area contributed by atoms with Gasteiger partial charge in [0, 0.05) is 11.3 Å². The molecular formula is C20H15F6N3O. The minimum atomic E-state index is -4.64. The lowest BCUT2D eigenvalue weighted by Crippen LogP contribution is -2.16. The van der Waals surface area contributed by atoms with Gasteiger partial charge in [-0.2, -0.15) is 18.3 Å². The molecule has 1 heterocycles. The summed E-state index contributed by atoms with van der Waals surface area (Å²) in [4.78, 5) is 12.7. The Morgan fingerprint density at radius 2 is 1.57 bits per heavy atom. The number of carbonyl (C=O) groups excluding carboxylic acids is 1. The zero-order chi connectivity index (χ0) is 21.9. The van der Waals surface area contributed by atoms with Crippen LogP contribution in [0.2, 0.25) is 0 Å². The van der Waals surface area contributed by atoms with Crippen molar-refractivity contribution in [3.63, 3.8) is 0 Å². The van der Waals surface area contributed by atoms with E-state index in [0.717, 1.165) is 6.07 Å². The molecule has 0 aliphatic rings. The lowest BCUT2D eigenvalue weighted by Gasteiger charge is -2.16. The van der Waals surface area contributed by atoms with Gasteiger partial charge in [-0.15, -0.1) is 0 Å². The van der Waals surface area contributed by atoms with Gasteiger partial charge in [0.1, 0.15) is 19.0 Å². The highest BCUT2D eigenvalue weighted by molar-refractivity contribution is 6.07. The van der Waals surface area contributed by atoms with Crippen molar-refractivity contribution in [2.24, 2.45) is 0 Å². The van der Waals surface area contributed by atoms with Crippen LogP contribution in [-0.4, -0.2) is 15.7 Å². The third kappa shape index (κ3) is 4.03. The first-order valence-electron chi connectivity index (χ1n) is 8.65. The van der Waals surface area contributed by atoms with Gasteiger partial charge in [-0.05, 0) is 17.7 Å². The quantitative estimate of drug-likeness (QED) is 0.514. The molecule has 0 bridgehead atoms. The van der Waals surface area contributed by atoms with Crippen LogP contribution in [0, 0.1) is 0 Å². The van der Waals surface area contributed by atoms with Crippen LogP contribution < -0.4 is 5.32 Å². The molecule has 4 nitrogen and oxygen atoms in total. The van der Waals surface area contributed by atoms with E-state index in [-0.39, 0.29) is 16.8 Å². The molecule has 3 rings (SSSR count). The Morgan fingerprint density at radius 1 is 0.933 bits per heavy atom. The molecule has 10 heteroatoms. The summed E-state index contributed by atoms with van der Waals surface area (Å²) in [6, 6.07) is 10.5. The SMILES string of the molecule is O=C(Nc1ccccc1-c1ccccc1C(F)(F)F)c1c(CF)nn(CF)c1CF. The molecule has 0 saturated heterocycles. The van der Waals surface area contributed by atoms with Crippen LogP contribution in [0.25, 0.3) is 11.1 Å². The van der Waals surface area contributed by atoms with Crippen LogP contribution in [0.15, 0.2) is 48.5 Å². The third-order valence-corrected chi connectivity index (χ3v) is 4.42. The summed E-state index contributed by atoms with van der Waals surface area (Å²) in [5.41, 5.74) is -2.47. The summed E-state index contributed by atoms with van der Waals surface area (Å²) >= 11 is 0. The summed E-state index contributed by atoms with van der Waals surface area (Å²) in [5, 5.41) is 5.90. The zero-order valence-electron chi connectivity index (χ0n) is 15.3. The van der Waals surface area contributed by atoms with Crippen LogP contribution in [-0.2, 0) is 26.3 Å². The first-order valence-corrected chi connectivity index (χ1v) is 8.65. The summed E-state index contributed by atoms with van der Waals surface area (Å²) in [5.74, 6) is -1.01. The number of halogens is 6. The highest BCUT2D eigenvalue weighted by Crippen LogP contribution is 2.39. The van der Waals surface area contributed by atoms with Gasteiger partial charge in [-0.3, -0.25) is 4.79 Å². The van der Waals surface area contributed by atoms with E-state index in [9.17, 15) is 31.1 Å². The molecule has 2 aromatic carbocycles. The summed E-state index contributed by atoms with van der Waals surface area (Å²) in [6.07, 6.45) is -4.64. The van der Waals surface area contributed by atoms with Crippen LogP contribution >= 0.6 is 0 Å². The van der Waals surface area contributed by atoms with E-state index in [4.69, 9.17) is 0 Å². The highest BCUT2D eigenvalue weighted by Gasteiger charge is 2.34. The smallest absolute Gasteiger partial charge is 0.321 e. The van der Waals surface area contributed by atoms with Gasteiger partial charge in [0.05, 0.1) is 16.8 Å². The number of nitrogens with zero attached hydrogens (tertiary/aromatic N) is 2. The molecule has 0 fully saturated rings. The fourth-order valence-electron chi connectivity index (χ4n) is 3.12. The average molecular weight is 427 g/mol. The maximum atomic E-state index is 13.4. The number of anilines is 1. The molecule has 0 aliphatic carbocycles. The molecule has 0 spiro atoms. The average Bonchev–Trinajstić information content (AvgIpc) is 3.11. The fourth-order valence-corrected chi connectivity index (χ4v) is 3.12. The van der Waals surface area contributed by atoms with E-state index >= 15 is 0 Å². The third-order valence-electron chi connectivity index (χ3n) is 4.42. The van der Waals surface area contributed by atoms with Gasteiger partial charge < -0.3 is 5.32 Å². The van der Waals surface area contributed by atoms with E-state index in [1.54, 1.807) is 0 Å². The minimum Gasteiger partial charge on any atom is -0.321 e. The number of benzene rings is 2. The number of amides is 1. The molecule has 1 aromatic heterocycles. The number of carbonyl (C=O) groups is 1. The maximum absolute atomic E-state index is 13.4. The molecule has 3 aromatic rings. The van der Waals surface area contributed by atoms with Crippen LogP contribution in [0.3, 0.4) is 0 Å². The Kier molecular flexibility index (Phi) is 6.14. The number of nitrogens with one attached hydrogen (secondary N) is 1. The van der Waals surface area contributed by atoms with Crippen molar-refractivity contribution in [2.45, 2.75) is 26.3 Å². The Labute approximate surface area is 167 Å². The summed E-state index contributed by atoms with van der Waals surface area (Å²) in [7, 11) is 0. The van der Waals surface area contributed by atoms with Crippen molar-refractivity contribution >= 4 is 11.6 Å². The standard InChI is InChI=1S/C20H15F6N3O/c21-9-16-18(17(10-22)29(11-23)28-16)19(30)27-15-8-4-2-6-13(15)12-5-1-3-7-14(12)20(24,25)26/h1-8H,9-11H2,(H,27,30). The number of aromatic nitrogens is 2. The largest absolute Gasteiger partial charge is 0.417 e. The number of alkyl halides is 6. The molecule has 1 amide bonds. The first kappa shape index (κ1) is 21.4. The minimum absolute atomic E-state index is 0.0122. The number of para-hydroxylation sites is 1. The predicted molar refractivity (Wildman–Crippen MR) is 97.8 cm³/mol. The van der Waals surface area contributed by atoms with Crippen LogP contribution in [0.5, 0.6) is 0 Å². The van der Waals surface area contributed by atoms with Gasteiger partial charge in [0.2, 0.25) is 0 Å². The Bertz CT molecular complexity index is 1060. The van der Waals surface area contributed by atoms with Gasteiger partial charge in [-0.25, -0.2) is 17.9 Å². The summed E-state index contributed by atoms with van der Waals surface area (Å²) in [6.45, 7) is -3.80. The monoisotopic (exact) mass is 427 g/mol. The summed E-state index contributed by atoms with van der Waals surface area (Å²) < 4.78 is 80.4. The molecule has 0 atom stereocenters. The number of hydrogen-bond acceptors (Lipinski definition) is 2. The van der Waals surface area contributed by atoms with Gasteiger partial charge in [-0.1, -0.05) is 36.4 Å². The van der Waals surface area contributed by atoms with E-state index in [0.29, 0.717) is 4.68 Å². The Balaban J connectivity index is 2.06. The van der Waals surface area contributed by atoms with Gasteiger partial charge in [0.15, 0.2) is 6.80 Å². The first-order chi connectivity index (χ1) is 14.3. The van der Waals surface area contributed by atoms with Gasteiger partial charge in [0.25, 0.3) is 5.91 Å². The van der Waals surface area contributed by atoms with Crippen molar-refractivity contribution in [3.05, 3.63) is 71.0 Å². The number of rotatable bonds is 6. The van der Waals surface area contributed by atoms with Crippen molar-refractivity contribution in [1.82, 2.24) is 9.78 Å². The number of hydrogen-bond donors (Lipinski definition) is 1. The second kappa shape index (κ2) is 8.60. The predicted octanol–water partition coefficient (Wildman–Crippen LogP) is 5.69. The van der Waals surface area contributed by atoms with E-state index in [2.05, 4.69) is 10.4 Å². The second-order valence-corrected chi connectivity index (χ2v) is 6.20. The van der Waals surface area contributed by atoms with E-state index in [1.807, 2.05) is 0 Å². The molecule has 0 saturated carbocycles. The van der Waals surface area contributed by atoms with Crippen molar-refractivity contribution < 1.29 is 31.1 Å². The van der Waals surface area contributed by atoms with Crippen molar-refractivity contribution in [3.8, 4) is 11.1 Å². The van der Waals surface area contributed by atoms with E-state index < -0.39 is 54.7 Å². The molecule has 158 valence electrons. The lowest BCUT2D eigenvalue weighted by atomic mass is 9.97. The maximum Gasteiger partial charge on any atom is 0.417 e. The van der Waals surface area contributed by atoms with Crippen LogP contribution in [0.1, 0.15) is 27.3 Å². The molecule has 30 heavy (non-hydrogen) atoms. The molecule has 0 unspecified atom stereocenters. The van der Waals surface area contributed by atoms with Crippen LogP contribution in [0.4, 0.5) is 32.0 Å². The van der Waals surface area contributed by atoms with E-state index in [1.165, 1.54) is 42.5 Å². The normalized spacial score (nSPS) is 11.5. The highest BCUT2D eigenvalue weighted by atomic mass is 19.4. The Morgan fingerprint density at radius 3 is 2.17 bits per heavy atom. The molecular weight excluding hydrogens is 412 g/mol. The Hall–Kier alpha value is -3.30. The second-order valence-electron chi connectivity index (χ2n) is 6.20. The molecule has 1 N–H and O–H groups in total. The van der Waals surface area contributed by atoms with Gasteiger partial charge >= 0.3 is 6.18 Å². The topological polar surface area (TPSA) is 46.9 Å².